The van der Waals surface area contributed by atoms with Gasteiger partial charge in [0.2, 0.25) is 0 Å². The lowest BCUT2D eigenvalue weighted by Gasteiger charge is -2.39. The molecule has 1 aromatic carbocycles. The molecule has 1 aliphatic heterocycles. The Morgan fingerprint density at radius 2 is 2.03 bits per heavy atom. The summed E-state index contributed by atoms with van der Waals surface area (Å²) in [5.74, 6) is 0. The molecule has 0 radical (unpaired) electrons. The fourth-order valence-electron chi connectivity index (χ4n) is 3.63. The molecule has 1 aromatic heterocycles. The quantitative estimate of drug-likeness (QED) is 0.788. The molecule has 29 heavy (non-hydrogen) atoms. The lowest BCUT2D eigenvalue weighted by atomic mass is 10.0. The summed E-state index contributed by atoms with van der Waals surface area (Å²) in [4.78, 5) is 20.7. The minimum Gasteiger partial charge on any atom is -0.323 e. The SMILES string of the molecule is CCN(Cc1ccncc1)[C@@H]1CCCN(C(=O)Nc2cccc(C(F)(F)F)c2)C1. The summed E-state index contributed by atoms with van der Waals surface area (Å²) in [6.07, 6.45) is 0.920. The number of likely N-dealkylation sites (tertiary alicyclic amines) is 1. The van der Waals surface area contributed by atoms with Crippen molar-refractivity contribution < 1.29 is 18.0 Å². The number of urea groups is 1. The van der Waals surface area contributed by atoms with Gasteiger partial charge in [-0.15, -0.1) is 0 Å². The Morgan fingerprint density at radius 1 is 1.28 bits per heavy atom. The van der Waals surface area contributed by atoms with Gasteiger partial charge in [0.1, 0.15) is 0 Å². The lowest BCUT2D eigenvalue weighted by molar-refractivity contribution is -0.137. The number of halogens is 3. The molecule has 0 unspecified atom stereocenters. The molecule has 0 aliphatic carbocycles. The summed E-state index contributed by atoms with van der Waals surface area (Å²) in [5, 5.41) is 2.61. The monoisotopic (exact) mass is 406 g/mol. The number of carbonyl (C=O) groups is 1. The molecule has 0 saturated carbocycles. The number of nitrogens with zero attached hydrogens (tertiary/aromatic N) is 3. The van der Waals surface area contributed by atoms with Gasteiger partial charge in [-0.3, -0.25) is 9.88 Å². The van der Waals surface area contributed by atoms with E-state index in [0.29, 0.717) is 13.1 Å². The summed E-state index contributed by atoms with van der Waals surface area (Å²) in [6, 6.07) is 8.50. The Balaban J connectivity index is 1.63. The van der Waals surface area contributed by atoms with Gasteiger partial charge in [0.05, 0.1) is 5.56 Å². The first kappa shape index (κ1) is 21.1. The van der Waals surface area contributed by atoms with Crippen LogP contribution in [0, 0.1) is 0 Å². The normalized spacial score (nSPS) is 17.4. The number of benzene rings is 1. The standard InChI is InChI=1S/C21H25F3N4O/c1-2-27(14-16-8-10-25-11-9-16)19-7-4-12-28(15-19)20(29)26-18-6-3-5-17(13-18)21(22,23)24/h3,5-6,8-11,13,19H,2,4,7,12,14-15H2,1H3,(H,26,29)/t19-/m1/s1. The Bertz CT molecular complexity index is 813. The molecule has 8 heteroatoms. The van der Waals surface area contributed by atoms with Gasteiger partial charge < -0.3 is 10.2 Å². The van der Waals surface area contributed by atoms with Gasteiger partial charge in [0.15, 0.2) is 0 Å². The second-order valence-corrected chi connectivity index (χ2v) is 7.17. The molecule has 1 saturated heterocycles. The summed E-state index contributed by atoms with van der Waals surface area (Å²) < 4.78 is 38.7. The molecule has 3 rings (SSSR count). The zero-order valence-electron chi connectivity index (χ0n) is 16.3. The number of hydrogen-bond donors (Lipinski definition) is 1. The van der Waals surface area contributed by atoms with Crippen LogP contribution in [0.15, 0.2) is 48.8 Å². The molecule has 2 amide bonds. The fraction of sp³-hybridized carbons (Fsp3) is 0.429. The molecule has 2 aromatic rings. The van der Waals surface area contributed by atoms with E-state index in [1.165, 1.54) is 12.1 Å². The lowest BCUT2D eigenvalue weighted by Crippen LogP contribution is -2.50. The molecule has 1 aliphatic rings. The predicted octanol–water partition coefficient (Wildman–Crippen LogP) is 4.62. The molecule has 0 bridgehead atoms. The number of rotatable bonds is 5. The second kappa shape index (κ2) is 9.26. The molecule has 1 atom stereocenters. The van der Waals surface area contributed by atoms with Gasteiger partial charge in [0.25, 0.3) is 0 Å². The summed E-state index contributed by atoms with van der Waals surface area (Å²) in [6.45, 7) is 4.84. The van der Waals surface area contributed by atoms with Crippen LogP contribution in [0.4, 0.5) is 23.7 Å². The number of anilines is 1. The Hall–Kier alpha value is -2.61. The zero-order valence-corrected chi connectivity index (χ0v) is 16.3. The highest BCUT2D eigenvalue weighted by Crippen LogP contribution is 2.30. The summed E-state index contributed by atoms with van der Waals surface area (Å²) in [7, 11) is 0. The third-order valence-electron chi connectivity index (χ3n) is 5.18. The van der Waals surface area contributed by atoms with Gasteiger partial charge in [0, 0.05) is 43.8 Å². The molecule has 1 N–H and O–H groups in total. The number of pyridine rings is 1. The van der Waals surface area contributed by atoms with Crippen LogP contribution in [0.1, 0.15) is 30.9 Å². The highest BCUT2D eigenvalue weighted by molar-refractivity contribution is 5.89. The van der Waals surface area contributed by atoms with E-state index in [1.807, 2.05) is 12.1 Å². The van der Waals surface area contributed by atoms with Crippen molar-refractivity contribution in [3.8, 4) is 0 Å². The van der Waals surface area contributed by atoms with Gasteiger partial charge in [-0.2, -0.15) is 13.2 Å². The third-order valence-corrected chi connectivity index (χ3v) is 5.18. The maximum Gasteiger partial charge on any atom is 0.416 e. The number of aromatic nitrogens is 1. The first-order chi connectivity index (χ1) is 13.9. The molecule has 2 heterocycles. The van der Waals surface area contributed by atoms with Crippen molar-refractivity contribution in [3.05, 3.63) is 59.9 Å². The van der Waals surface area contributed by atoms with E-state index in [2.05, 4.69) is 22.1 Å². The van der Waals surface area contributed by atoms with Crippen LogP contribution in [0.3, 0.4) is 0 Å². The number of alkyl halides is 3. The van der Waals surface area contributed by atoms with Crippen molar-refractivity contribution in [2.24, 2.45) is 0 Å². The zero-order chi connectivity index (χ0) is 20.9. The second-order valence-electron chi connectivity index (χ2n) is 7.17. The van der Waals surface area contributed by atoms with Crippen molar-refractivity contribution in [1.82, 2.24) is 14.8 Å². The van der Waals surface area contributed by atoms with Crippen LogP contribution in [0.5, 0.6) is 0 Å². The maximum absolute atomic E-state index is 12.9. The van der Waals surface area contributed by atoms with Gasteiger partial charge in [-0.1, -0.05) is 13.0 Å². The van der Waals surface area contributed by atoms with Crippen LogP contribution in [-0.4, -0.2) is 46.5 Å². The van der Waals surface area contributed by atoms with E-state index in [9.17, 15) is 18.0 Å². The van der Waals surface area contributed by atoms with Crippen LogP contribution in [0.25, 0.3) is 0 Å². The first-order valence-corrected chi connectivity index (χ1v) is 9.73. The Morgan fingerprint density at radius 3 is 2.72 bits per heavy atom. The summed E-state index contributed by atoms with van der Waals surface area (Å²) >= 11 is 0. The molecule has 5 nitrogen and oxygen atoms in total. The Labute approximate surface area is 168 Å². The number of likely N-dealkylation sites (N-methyl/N-ethyl adjacent to an activating group) is 1. The largest absolute Gasteiger partial charge is 0.416 e. The van der Waals surface area contributed by atoms with Crippen molar-refractivity contribution in [1.29, 1.82) is 0 Å². The van der Waals surface area contributed by atoms with Crippen molar-refractivity contribution >= 4 is 11.7 Å². The van der Waals surface area contributed by atoms with Gasteiger partial charge in [-0.05, 0) is 55.3 Å². The minimum atomic E-state index is -4.44. The van der Waals surface area contributed by atoms with Crippen LogP contribution in [-0.2, 0) is 12.7 Å². The van der Waals surface area contributed by atoms with E-state index in [-0.39, 0.29) is 17.8 Å². The van der Waals surface area contributed by atoms with E-state index >= 15 is 0 Å². The van der Waals surface area contributed by atoms with Crippen molar-refractivity contribution in [2.45, 2.75) is 38.5 Å². The average Bonchev–Trinajstić information content (AvgIpc) is 2.72. The number of amides is 2. The molecular formula is C21H25F3N4O. The number of carbonyl (C=O) groups excluding carboxylic acids is 1. The number of hydrogen-bond acceptors (Lipinski definition) is 3. The maximum atomic E-state index is 12.9. The first-order valence-electron chi connectivity index (χ1n) is 9.73. The van der Waals surface area contributed by atoms with E-state index < -0.39 is 11.7 Å². The van der Waals surface area contributed by atoms with Gasteiger partial charge >= 0.3 is 12.2 Å². The smallest absolute Gasteiger partial charge is 0.323 e. The summed E-state index contributed by atoms with van der Waals surface area (Å²) in [5.41, 5.74) is 0.532. The molecule has 156 valence electrons. The predicted molar refractivity (Wildman–Crippen MR) is 105 cm³/mol. The van der Waals surface area contributed by atoms with E-state index in [0.717, 1.165) is 43.6 Å². The van der Waals surface area contributed by atoms with Crippen molar-refractivity contribution in [2.75, 3.05) is 25.0 Å². The minimum absolute atomic E-state index is 0.149. The number of piperidine rings is 1. The molecule has 0 spiro atoms. The molecular weight excluding hydrogens is 381 g/mol. The average molecular weight is 406 g/mol. The van der Waals surface area contributed by atoms with Crippen molar-refractivity contribution in [3.63, 3.8) is 0 Å². The third kappa shape index (κ3) is 5.69. The highest BCUT2D eigenvalue weighted by atomic mass is 19.4. The topological polar surface area (TPSA) is 48.5 Å². The van der Waals surface area contributed by atoms with Crippen LogP contribution < -0.4 is 5.32 Å². The highest BCUT2D eigenvalue weighted by Gasteiger charge is 2.31. The van der Waals surface area contributed by atoms with Gasteiger partial charge in [-0.25, -0.2) is 4.79 Å². The van der Waals surface area contributed by atoms with E-state index in [4.69, 9.17) is 0 Å². The van der Waals surface area contributed by atoms with Crippen LogP contribution in [0.2, 0.25) is 0 Å². The fourth-order valence-corrected chi connectivity index (χ4v) is 3.63. The van der Waals surface area contributed by atoms with Crippen LogP contribution >= 0.6 is 0 Å². The Kier molecular flexibility index (Phi) is 6.74. The van der Waals surface area contributed by atoms with E-state index in [1.54, 1.807) is 17.3 Å². The molecule has 1 fully saturated rings. The number of nitrogens with one attached hydrogen (secondary N) is 1.